The minimum atomic E-state index is -1.02. The van der Waals surface area contributed by atoms with Gasteiger partial charge in [-0.3, -0.25) is 4.79 Å². The first-order valence-electron chi connectivity index (χ1n) is 2.09. The van der Waals surface area contributed by atoms with Crippen LogP contribution in [0.4, 0.5) is 0 Å². The molecule has 0 rings (SSSR count). The Morgan fingerprint density at radius 3 is 2.38 bits per heavy atom. The lowest BCUT2D eigenvalue weighted by atomic mass is 10.2. The number of carbonyl (C=O) groups is 2. The van der Waals surface area contributed by atoms with E-state index in [0.29, 0.717) is 6.29 Å². The highest BCUT2D eigenvalue weighted by Crippen LogP contribution is 1.75. The fourth-order valence-electron chi connectivity index (χ4n) is 0.203. The highest BCUT2D eigenvalue weighted by atomic mass is 16.1. The molecule has 0 saturated carbocycles. The maximum Gasteiger partial charge on any atom is 0.179 e. The maximum absolute atomic E-state index is 10.3. The van der Waals surface area contributed by atoms with Gasteiger partial charge < -0.3 is 10.5 Å². The molecular formula is C5H7NO2. The molecule has 0 amide bonds. The van der Waals surface area contributed by atoms with E-state index in [1.54, 1.807) is 0 Å². The SMILES string of the molecule is C=CC(=O)C(N)C=O. The van der Waals surface area contributed by atoms with Crippen LogP contribution in [-0.4, -0.2) is 18.1 Å². The van der Waals surface area contributed by atoms with Crippen molar-refractivity contribution < 1.29 is 9.59 Å². The van der Waals surface area contributed by atoms with E-state index in [9.17, 15) is 9.59 Å². The van der Waals surface area contributed by atoms with Gasteiger partial charge in [-0.15, -0.1) is 0 Å². The highest BCUT2D eigenvalue weighted by molar-refractivity contribution is 6.03. The molecule has 3 heteroatoms. The van der Waals surface area contributed by atoms with Crippen LogP contribution in [0.5, 0.6) is 0 Å². The third-order valence-electron chi connectivity index (χ3n) is 0.676. The molecule has 0 aromatic carbocycles. The second-order valence-electron chi connectivity index (χ2n) is 1.27. The molecule has 0 aliphatic heterocycles. The van der Waals surface area contributed by atoms with Crippen LogP contribution in [0.3, 0.4) is 0 Å². The molecule has 0 heterocycles. The van der Waals surface area contributed by atoms with Gasteiger partial charge in [-0.1, -0.05) is 6.58 Å². The summed E-state index contributed by atoms with van der Waals surface area (Å²) in [5.41, 5.74) is 4.94. The van der Waals surface area contributed by atoms with Crippen LogP contribution in [0.15, 0.2) is 12.7 Å². The Morgan fingerprint density at radius 2 is 2.25 bits per heavy atom. The van der Waals surface area contributed by atoms with Gasteiger partial charge in [0.2, 0.25) is 0 Å². The number of aldehydes is 1. The third-order valence-corrected chi connectivity index (χ3v) is 0.676. The molecule has 0 fully saturated rings. The maximum atomic E-state index is 10.3. The first kappa shape index (κ1) is 7.04. The molecule has 0 radical (unpaired) electrons. The fraction of sp³-hybridized carbons (Fsp3) is 0.200. The van der Waals surface area contributed by atoms with Crippen LogP contribution in [0, 0.1) is 0 Å². The summed E-state index contributed by atoms with van der Waals surface area (Å²) < 4.78 is 0. The molecule has 0 saturated heterocycles. The van der Waals surface area contributed by atoms with Crippen LogP contribution in [0.2, 0.25) is 0 Å². The third kappa shape index (κ3) is 1.66. The van der Waals surface area contributed by atoms with Crippen LogP contribution in [0.25, 0.3) is 0 Å². The molecule has 3 nitrogen and oxygen atoms in total. The summed E-state index contributed by atoms with van der Waals surface area (Å²) in [6, 6.07) is -1.02. The van der Waals surface area contributed by atoms with Crippen molar-refractivity contribution in [2.45, 2.75) is 6.04 Å². The van der Waals surface area contributed by atoms with Gasteiger partial charge in [0, 0.05) is 0 Å². The monoisotopic (exact) mass is 113 g/mol. The van der Waals surface area contributed by atoms with Gasteiger partial charge in [-0.2, -0.15) is 0 Å². The number of rotatable bonds is 3. The van der Waals surface area contributed by atoms with E-state index in [2.05, 4.69) is 6.58 Å². The Labute approximate surface area is 47.2 Å². The van der Waals surface area contributed by atoms with E-state index in [1.165, 1.54) is 0 Å². The normalized spacial score (nSPS) is 12.1. The molecule has 0 aliphatic carbocycles. The number of ketones is 1. The molecular weight excluding hydrogens is 106 g/mol. The van der Waals surface area contributed by atoms with Gasteiger partial charge in [0.1, 0.15) is 12.3 Å². The number of hydrogen-bond acceptors (Lipinski definition) is 3. The van der Waals surface area contributed by atoms with Crippen LogP contribution >= 0.6 is 0 Å². The van der Waals surface area contributed by atoms with Crippen molar-refractivity contribution >= 4 is 12.1 Å². The first-order valence-corrected chi connectivity index (χ1v) is 2.09. The molecule has 0 aromatic rings. The minimum absolute atomic E-state index is 0.379. The Morgan fingerprint density at radius 1 is 1.75 bits per heavy atom. The zero-order valence-corrected chi connectivity index (χ0v) is 4.33. The van der Waals surface area contributed by atoms with Crippen molar-refractivity contribution in [3.8, 4) is 0 Å². The van der Waals surface area contributed by atoms with E-state index >= 15 is 0 Å². The smallest absolute Gasteiger partial charge is 0.179 e. The van der Waals surface area contributed by atoms with E-state index in [0.717, 1.165) is 6.08 Å². The summed E-state index contributed by atoms with van der Waals surface area (Å²) in [6.45, 7) is 3.14. The summed E-state index contributed by atoms with van der Waals surface area (Å²) >= 11 is 0. The first-order chi connectivity index (χ1) is 3.72. The van der Waals surface area contributed by atoms with Gasteiger partial charge >= 0.3 is 0 Å². The lowest BCUT2D eigenvalue weighted by Gasteiger charge is -1.92. The van der Waals surface area contributed by atoms with E-state index in [4.69, 9.17) is 5.73 Å². The average molecular weight is 113 g/mol. The van der Waals surface area contributed by atoms with Crippen LogP contribution in [0.1, 0.15) is 0 Å². The Hall–Kier alpha value is -0.960. The van der Waals surface area contributed by atoms with Gasteiger partial charge in [-0.05, 0) is 6.08 Å². The van der Waals surface area contributed by atoms with Crippen molar-refractivity contribution in [2.75, 3.05) is 0 Å². The van der Waals surface area contributed by atoms with Gasteiger partial charge in [0.05, 0.1) is 0 Å². The van der Waals surface area contributed by atoms with E-state index in [-0.39, 0.29) is 0 Å². The fourth-order valence-corrected chi connectivity index (χ4v) is 0.203. The number of nitrogens with two attached hydrogens (primary N) is 1. The number of carbonyl (C=O) groups excluding carboxylic acids is 2. The van der Waals surface area contributed by atoms with Crippen molar-refractivity contribution in [3.05, 3.63) is 12.7 Å². The zero-order valence-electron chi connectivity index (χ0n) is 4.33. The van der Waals surface area contributed by atoms with E-state index < -0.39 is 11.8 Å². The molecule has 0 aliphatic rings. The predicted molar refractivity (Wildman–Crippen MR) is 29.2 cm³/mol. The molecule has 44 valence electrons. The summed E-state index contributed by atoms with van der Waals surface area (Å²) in [6.07, 6.45) is 1.41. The lowest BCUT2D eigenvalue weighted by molar-refractivity contribution is -0.120. The molecule has 1 atom stereocenters. The standard InChI is InChI=1S/C5H7NO2/c1-2-5(8)4(6)3-7/h2-4H,1,6H2. The summed E-state index contributed by atoms with van der Waals surface area (Å²) in [5, 5.41) is 0. The largest absolute Gasteiger partial charge is 0.315 e. The molecule has 0 bridgehead atoms. The van der Waals surface area contributed by atoms with Crippen molar-refractivity contribution in [1.29, 1.82) is 0 Å². The minimum Gasteiger partial charge on any atom is -0.315 e. The van der Waals surface area contributed by atoms with Crippen LogP contribution in [-0.2, 0) is 9.59 Å². The van der Waals surface area contributed by atoms with Gasteiger partial charge in [0.25, 0.3) is 0 Å². The van der Waals surface area contributed by atoms with Crippen LogP contribution < -0.4 is 5.73 Å². The summed E-state index contributed by atoms with van der Waals surface area (Å²) in [5.74, 6) is -0.444. The topological polar surface area (TPSA) is 60.2 Å². The highest BCUT2D eigenvalue weighted by Gasteiger charge is 2.05. The number of hydrogen-bond donors (Lipinski definition) is 1. The van der Waals surface area contributed by atoms with Crippen molar-refractivity contribution in [2.24, 2.45) is 5.73 Å². The molecule has 8 heavy (non-hydrogen) atoms. The molecule has 0 spiro atoms. The Bertz CT molecular complexity index is 120. The lowest BCUT2D eigenvalue weighted by Crippen LogP contribution is -2.29. The molecule has 2 N–H and O–H groups in total. The van der Waals surface area contributed by atoms with Crippen molar-refractivity contribution in [1.82, 2.24) is 0 Å². The molecule has 0 aromatic heterocycles. The summed E-state index contributed by atoms with van der Waals surface area (Å²) in [4.78, 5) is 20.0. The second-order valence-corrected chi connectivity index (χ2v) is 1.27. The Balaban J connectivity index is 3.80. The zero-order chi connectivity index (χ0) is 6.57. The average Bonchev–Trinajstić information content (AvgIpc) is 1.84. The quantitative estimate of drug-likeness (QED) is 0.298. The van der Waals surface area contributed by atoms with E-state index in [1.807, 2.05) is 0 Å². The predicted octanol–water partition coefficient (Wildman–Crippen LogP) is -0.732. The second kappa shape index (κ2) is 3.10. The Kier molecular flexibility index (Phi) is 2.72. The van der Waals surface area contributed by atoms with Gasteiger partial charge in [0.15, 0.2) is 5.78 Å². The van der Waals surface area contributed by atoms with Crippen molar-refractivity contribution in [3.63, 3.8) is 0 Å². The summed E-state index contributed by atoms with van der Waals surface area (Å²) in [7, 11) is 0. The molecule has 1 unspecified atom stereocenters. The van der Waals surface area contributed by atoms with Gasteiger partial charge in [-0.25, -0.2) is 0 Å².